The fraction of sp³-hybridized carbons (Fsp3) is 1.00. The van der Waals surface area contributed by atoms with E-state index in [4.69, 9.17) is 0 Å². The topological polar surface area (TPSA) is 23.5 Å². The summed E-state index contributed by atoms with van der Waals surface area (Å²) in [6.45, 7) is 4.39. The van der Waals surface area contributed by atoms with Crippen LogP contribution in [0.15, 0.2) is 0 Å². The molecule has 17 heavy (non-hydrogen) atoms. The van der Waals surface area contributed by atoms with Gasteiger partial charge in [0, 0.05) is 5.54 Å². The normalized spacial score (nSPS) is 20.1. The van der Waals surface area contributed by atoms with Gasteiger partial charge >= 0.3 is 0 Å². The largest absolute Gasteiger partial charge is 0.391 e. The quantitative estimate of drug-likeness (QED) is 0.738. The highest BCUT2D eigenvalue weighted by Crippen LogP contribution is 2.33. The Morgan fingerprint density at radius 3 is 2.12 bits per heavy atom. The van der Waals surface area contributed by atoms with Crippen LogP contribution in [0.2, 0.25) is 0 Å². The van der Waals surface area contributed by atoms with Gasteiger partial charge in [0.05, 0.1) is 6.10 Å². The van der Waals surface area contributed by atoms with Crippen molar-refractivity contribution < 1.29 is 5.11 Å². The maximum absolute atomic E-state index is 10.5. The first-order chi connectivity index (χ1) is 8.06. The Hall–Kier alpha value is -0.0800. The van der Waals surface area contributed by atoms with Gasteiger partial charge in [-0.2, -0.15) is 0 Å². The van der Waals surface area contributed by atoms with Crippen LogP contribution in [0.1, 0.15) is 65.2 Å². The number of rotatable bonds is 7. The third kappa shape index (κ3) is 3.45. The van der Waals surface area contributed by atoms with Crippen molar-refractivity contribution in [3.05, 3.63) is 0 Å². The molecular weight excluding hydrogens is 210 g/mol. The lowest BCUT2D eigenvalue weighted by Gasteiger charge is -2.43. The van der Waals surface area contributed by atoms with Crippen molar-refractivity contribution in [2.24, 2.45) is 5.92 Å². The van der Waals surface area contributed by atoms with Crippen LogP contribution >= 0.6 is 0 Å². The molecule has 1 aliphatic carbocycles. The number of aliphatic hydroxyl groups excluding tert-OH is 1. The number of hydrogen-bond acceptors (Lipinski definition) is 2. The number of nitrogens with zero attached hydrogens (tertiary/aromatic N) is 1. The smallest absolute Gasteiger partial charge is 0.0723 e. The Bertz CT molecular complexity index is 205. The second kappa shape index (κ2) is 6.75. The molecule has 0 radical (unpaired) electrons. The van der Waals surface area contributed by atoms with Crippen LogP contribution in [0.5, 0.6) is 0 Å². The van der Waals surface area contributed by atoms with Gasteiger partial charge in [0.1, 0.15) is 0 Å². The summed E-state index contributed by atoms with van der Waals surface area (Å²) in [7, 11) is 4.21. The van der Waals surface area contributed by atoms with Gasteiger partial charge in [-0.3, -0.25) is 0 Å². The van der Waals surface area contributed by atoms with Crippen molar-refractivity contribution in [3.8, 4) is 0 Å². The SMILES string of the molecule is CCC(CC)(C(O)CCC1CCCC1)N(C)C. The van der Waals surface area contributed by atoms with E-state index < -0.39 is 0 Å². The summed E-state index contributed by atoms with van der Waals surface area (Å²) in [5.74, 6) is 0.887. The Labute approximate surface area is 107 Å². The molecule has 0 bridgehead atoms. The minimum absolute atomic E-state index is 0.0153. The molecule has 1 N–H and O–H groups in total. The molecule has 102 valence electrons. The fourth-order valence-corrected chi connectivity index (χ4v) is 3.61. The highest BCUT2D eigenvalue weighted by atomic mass is 16.3. The van der Waals surface area contributed by atoms with Crippen molar-refractivity contribution in [3.63, 3.8) is 0 Å². The molecule has 0 saturated heterocycles. The zero-order valence-corrected chi connectivity index (χ0v) is 12.2. The first-order valence-electron chi connectivity index (χ1n) is 7.42. The van der Waals surface area contributed by atoms with Gasteiger partial charge in [0.15, 0.2) is 0 Å². The maximum Gasteiger partial charge on any atom is 0.0723 e. The van der Waals surface area contributed by atoms with E-state index in [0.29, 0.717) is 0 Å². The van der Waals surface area contributed by atoms with Crippen LogP contribution < -0.4 is 0 Å². The molecule has 1 unspecified atom stereocenters. The summed E-state index contributed by atoms with van der Waals surface area (Å²) in [6.07, 6.45) is 9.67. The standard InChI is InChI=1S/C15H31NO/c1-5-15(6-2,16(3)4)14(17)12-11-13-9-7-8-10-13/h13-14,17H,5-12H2,1-4H3. The molecule has 1 aliphatic rings. The van der Waals surface area contributed by atoms with Gasteiger partial charge in [-0.1, -0.05) is 39.5 Å². The van der Waals surface area contributed by atoms with E-state index in [1.165, 1.54) is 32.1 Å². The molecule has 0 aromatic rings. The third-order valence-electron chi connectivity index (χ3n) is 5.06. The molecule has 1 rings (SSSR count). The number of aliphatic hydroxyl groups is 1. The molecule has 0 spiro atoms. The number of likely N-dealkylation sites (N-methyl/N-ethyl adjacent to an activating group) is 1. The molecule has 2 heteroatoms. The van der Waals surface area contributed by atoms with Crippen LogP contribution in [-0.4, -0.2) is 35.7 Å². The molecular formula is C15H31NO. The summed E-state index contributed by atoms with van der Waals surface area (Å²) in [5.41, 5.74) is -0.0153. The molecule has 1 atom stereocenters. The fourth-order valence-electron chi connectivity index (χ4n) is 3.61. The minimum Gasteiger partial charge on any atom is -0.391 e. The zero-order valence-electron chi connectivity index (χ0n) is 12.2. The van der Waals surface area contributed by atoms with E-state index in [0.717, 1.165) is 25.2 Å². The lowest BCUT2D eigenvalue weighted by molar-refractivity contribution is -0.0205. The Morgan fingerprint density at radius 2 is 1.71 bits per heavy atom. The van der Waals surface area contributed by atoms with Crippen LogP contribution in [0.25, 0.3) is 0 Å². The average Bonchev–Trinajstić information content (AvgIpc) is 2.81. The second-order valence-corrected chi connectivity index (χ2v) is 5.95. The Balaban J connectivity index is 2.49. The van der Waals surface area contributed by atoms with Crippen LogP contribution in [0, 0.1) is 5.92 Å². The first kappa shape index (κ1) is 15.0. The Kier molecular flexibility index (Phi) is 5.94. The van der Waals surface area contributed by atoms with Crippen molar-refractivity contribution in [2.75, 3.05) is 14.1 Å². The van der Waals surface area contributed by atoms with E-state index in [-0.39, 0.29) is 11.6 Å². The van der Waals surface area contributed by atoms with Crippen molar-refractivity contribution >= 4 is 0 Å². The summed E-state index contributed by atoms with van der Waals surface area (Å²) >= 11 is 0. The Morgan fingerprint density at radius 1 is 1.18 bits per heavy atom. The monoisotopic (exact) mass is 241 g/mol. The highest BCUT2D eigenvalue weighted by molar-refractivity contribution is 4.92. The highest BCUT2D eigenvalue weighted by Gasteiger charge is 2.36. The lowest BCUT2D eigenvalue weighted by Crippen LogP contribution is -2.52. The van der Waals surface area contributed by atoms with Gasteiger partial charge in [0.25, 0.3) is 0 Å². The van der Waals surface area contributed by atoms with Crippen molar-refractivity contribution in [1.82, 2.24) is 4.90 Å². The van der Waals surface area contributed by atoms with Gasteiger partial charge in [0.2, 0.25) is 0 Å². The van der Waals surface area contributed by atoms with Gasteiger partial charge in [-0.25, -0.2) is 0 Å². The molecule has 1 saturated carbocycles. The van der Waals surface area contributed by atoms with Crippen LogP contribution in [-0.2, 0) is 0 Å². The van der Waals surface area contributed by atoms with Crippen molar-refractivity contribution in [2.45, 2.75) is 76.9 Å². The molecule has 0 aromatic heterocycles. The van der Waals surface area contributed by atoms with Crippen molar-refractivity contribution in [1.29, 1.82) is 0 Å². The predicted molar refractivity (Wildman–Crippen MR) is 74.2 cm³/mol. The van der Waals surface area contributed by atoms with E-state index in [2.05, 4.69) is 32.8 Å². The van der Waals surface area contributed by atoms with E-state index in [1.807, 2.05) is 0 Å². The van der Waals surface area contributed by atoms with Gasteiger partial charge in [-0.15, -0.1) is 0 Å². The summed E-state index contributed by atoms with van der Waals surface area (Å²) in [4.78, 5) is 2.23. The van der Waals surface area contributed by atoms with E-state index in [9.17, 15) is 5.11 Å². The molecule has 0 heterocycles. The summed E-state index contributed by atoms with van der Waals surface area (Å²) < 4.78 is 0. The minimum atomic E-state index is -0.173. The van der Waals surface area contributed by atoms with Crippen LogP contribution in [0.4, 0.5) is 0 Å². The zero-order chi connectivity index (χ0) is 12.9. The predicted octanol–water partition coefficient (Wildman–Crippen LogP) is 3.44. The summed E-state index contributed by atoms with van der Waals surface area (Å²) in [6, 6.07) is 0. The average molecular weight is 241 g/mol. The molecule has 0 aliphatic heterocycles. The molecule has 1 fully saturated rings. The molecule has 2 nitrogen and oxygen atoms in total. The molecule has 0 aromatic carbocycles. The van der Waals surface area contributed by atoms with E-state index >= 15 is 0 Å². The maximum atomic E-state index is 10.5. The lowest BCUT2D eigenvalue weighted by atomic mass is 9.81. The third-order valence-corrected chi connectivity index (χ3v) is 5.06. The van der Waals surface area contributed by atoms with E-state index in [1.54, 1.807) is 0 Å². The first-order valence-corrected chi connectivity index (χ1v) is 7.42. The molecule has 0 amide bonds. The second-order valence-electron chi connectivity index (χ2n) is 5.95. The van der Waals surface area contributed by atoms with Gasteiger partial charge < -0.3 is 10.0 Å². The summed E-state index contributed by atoms with van der Waals surface area (Å²) in [5, 5.41) is 10.5. The number of hydrogen-bond donors (Lipinski definition) is 1. The van der Waals surface area contributed by atoms with Gasteiger partial charge in [-0.05, 0) is 45.7 Å². The van der Waals surface area contributed by atoms with Crippen LogP contribution in [0.3, 0.4) is 0 Å².